The van der Waals surface area contributed by atoms with Gasteiger partial charge in [0.2, 0.25) is 0 Å². The number of hydrogen-bond acceptors (Lipinski definition) is 4. The second-order valence-corrected chi connectivity index (χ2v) is 4.41. The summed E-state index contributed by atoms with van der Waals surface area (Å²) in [6.45, 7) is 5.21. The second-order valence-electron chi connectivity index (χ2n) is 4.41. The number of rotatable bonds is 2. The first kappa shape index (κ1) is 12.5. The van der Waals surface area contributed by atoms with Crippen LogP contribution in [-0.4, -0.2) is 53.4 Å². The highest BCUT2D eigenvalue weighted by molar-refractivity contribution is 5.94. The SMILES string of the molecule is Cc1ccc(C(=O)N2CCN(CC#N)CC2)cn1. The maximum absolute atomic E-state index is 12.2. The summed E-state index contributed by atoms with van der Waals surface area (Å²) in [7, 11) is 0. The molecule has 0 aliphatic carbocycles. The molecule has 1 aromatic rings. The first-order chi connectivity index (χ1) is 8.70. The van der Waals surface area contributed by atoms with Crippen LogP contribution in [0.4, 0.5) is 0 Å². The molecule has 94 valence electrons. The molecule has 1 amide bonds. The fourth-order valence-corrected chi connectivity index (χ4v) is 1.99. The van der Waals surface area contributed by atoms with Crippen LogP contribution in [0.1, 0.15) is 16.1 Å². The minimum Gasteiger partial charge on any atom is -0.336 e. The molecule has 0 radical (unpaired) electrons. The van der Waals surface area contributed by atoms with Crippen LogP contribution in [0.5, 0.6) is 0 Å². The second kappa shape index (κ2) is 5.61. The van der Waals surface area contributed by atoms with Crippen molar-refractivity contribution in [3.63, 3.8) is 0 Å². The van der Waals surface area contributed by atoms with Gasteiger partial charge in [-0.05, 0) is 19.1 Å². The summed E-state index contributed by atoms with van der Waals surface area (Å²) in [5.41, 5.74) is 1.54. The quantitative estimate of drug-likeness (QED) is 0.717. The van der Waals surface area contributed by atoms with Gasteiger partial charge in [0, 0.05) is 38.1 Å². The van der Waals surface area contributed by atoms with Gasteiger partial charge in [-0.15, -0.1) is 0 Å². The van der Waals surface area contributed by atoms with Crippen LogP contribution in [0.2, 0.25) is 0 Å². The molecule has 1 saturated heterocycles. The Hall–Kier alpha value is -1.93. The highest BCUT2D eigenvalue weighted by atomic mass is 16.2. The van der Waals surface area contributed by atoms with Gasteiger partial charge in [0.25, 0.3) is 5.91 Å². The van der Waals surface area contributed by atoms with Crippen LogP contribution in [0.15, 0.2) is 18.3 Å². The van der Waals surface area contributed by atoms with E-state index in [9.17, 15) is 4.79 Å². The predicted octanol–water partition coefficient (Wildman–Crippen LogP) is 0.671. The number of pyridine rings is 1. The zero-order valence-corrected chi connectivity index (χ0v) is 10.5. The van der Waals surface area contributed by atoms with Gasteiger partial charge in [0.05, 0.1) is 18.2 Å². The van der Waals surface area contributed by atoms with Gasteiger partial charge in [-0.1, -0.05) is 0 Å². The van der Waals surface area contributed by atoms with Crippen molar-refractivity contribution in [2.75, 3.05) is 32.7 Å². The van der Waals surface area contributed by atoms with Crippen molar-refractivity contribution in [3.8, 4) is 6.07 Å². The summed E-state index contributed by atoms with van der Waals surface area (Å²) >= 11 is 0. The number of carbonyl (C=O) groups is 1. The van der Waals surface area contributed by atoms with E-state index in [1.54, 1.807) is 6.20 Å². The lowest BCUT2D eigenvalue weighted by molar-refractivity contribution is 0.0651. The number of piperazine rings is 1. The third kappa shape index (κ3) is 2.84. The number of nitriles is 1. The van der Waals surface area contributed by atoms with E-state index in [1.165, 1.54) is 0 Å². The van der Waals surface area contributed by atoms with Crippen LogP contribution in [0.3, 0.4) is 0 Å². The number of aryl methyl sites for hydroxylation is 1. The molecule has 0 N–H and O–H groups in total. The topological polar surface area (TPSA) is 60.2 Å². The molecule has 0 unspecified atom stereocenters. The van der Waals surface area contributed by atoms with E-state index in [1.807, 2.05) is 24.0 Å². The molecule has 0 atom stereocenters. The Morgan fingerprint density at radius 3 is 2.67 bits per heavy atom. The van der Waals surface area contributed by atoms with E-state index < -0.39 is 0 Å². The summed E-state index contributed by atoms with van der Waals surface area (Å²) in [6, 6.07) is 5.79. The van der Waals surface area contributed by atoms with Gasteiger partial charge < -0.3 is 4.90 Å². The average Bonchev–Trinajstić information content (AvgIpc) is 2.40. The summed E-state index contributed by atoms with van der Waals surface area (Å²) in [4.78, 5) is 20.2. The highest BCUT2D eigenvalue weighted by Crippen LogP contribution is 2.08. The predicted molar refractivity (Wildman–Crippen MR) is 66.9 cm³/mol. The lowest BCUT2D eigenvalue weighted by atomic mass is 10.2. The van der Waals surface area contributed by atoms with E-state index in [-0.39, 0.29) is 5.91 Å². The third-order valence-corrected chi connectivity index (χ3v) is 3.11. The molecule has 0 bridgehead atoms. The van der Waals surface area contributed by atoms with Gasteiger partial charge in [-0.3, -0.25) is 14.7 Å². The largest absolute Gasteiger partial charge is 0.336 e. The molecular formula is C13H16N4O. The third-order valence-electron chi connectivity index (χ3n) is 3.11. The Morgan fingerprint density at radius 2 is 2.11 bits per heavy atom. The van der Waals surface area contributed by atoms with Crippen molar-refractivity contribution in [1.29, 1.82) is 5.26 Å². The molecule has 1 fully saturated rings. The lowest BCUT2D eigenvalue weighted by Crippen LogP contribution is -2.48. The van der Waals surface area contributed by atoms with Crippen molar-refractivity contribution < 1.29 is 4.79 Å². The maximum Gasteiger partial charge on any atom is 0.255 e. The van der Waals surface area contributed by atoms with Gasteiger partial charge in [-0.2, -0.15) is 5.26 Å². The number of nitrogens with zero attached hydrogens (tertiary/aromatic N) is 4. The number of carbonyl (C=O) groups excluding carboxylic acids is 1. The van der Waals surface area contributed by atoms with Gasteiger partial charge in [-0.25, -0.2) is 0 Å². The van der Waals surface area contributed by atoms with Crippen molar-refractivity contribution in [2.24, 2.45) is 0 Å². The molecule has 1 aliphatic rings. The summed E-state index contributed by atoms with van der Waals surface area (Å²) < 4.78 is 0. The Morgan fingerprint density at radius 1 is 1.39 bits per heavy atom. The van der Waals surface area contributed by atoms with Crippen LogP contribution < -0.4 is 0 Å². The lowest BCUT2D eigenvalue weighted by Gasteiger charge is -2.33. The molecule has 1 aromatic heterocycles. The smallest absolute Gasteiger partial charge is 0.255 e. The number of amides is 1. The van der Waals surface area contributed by atoms with Gasteiger partial charge >= 0.3 is 0 Å². The number of aromatic nitrogens is 1. The minimum absolute atomic E-state index is 0.0270. The van der Waals surface area contributed by atoms with Crippen LogP contribution in [-0.2, 0) is 0 Å². The van der Waals surface area contributed by atoms with Crippen molar-refractivity contribution >= 4 is 5.91 Å². The summed E-state index contributed by atoms with van der Waals surface area (Å²) in [5, 5.41) is 8.62. The fraction of sp³-hybridized carbons (Fsp3) is 0.462. The zero-order valence-electron chi connectivity index (χ0n) is 10.5. The molecule has 18 heavy (non-hydrogen) atoms. The van der Waals surface area contributed by atoms with Gasteiger partial charge in [0.15, 0.2) is 0 Å². The van der Waals surface area contributed by atoms with E-state index in [0.717, 1.165) is 18.8 Å². The Kier molecular flexibility index (Phi) is 3.90. The Labute approximate surface area is 107 Å². The van der Waals surface area contributed by atoms with Crippen molar-refractivity contribution in [1.82, 2.24) is 14.8 Å². The summed E-state index contributed by atoms with van der Waals surface area (Å²) in [5.74, 6) is 0.0270. The molecular weight excluding hydrogens is 228 g/mol. The Bertz CT molecular complexity index is 455. The van der Waals surface area contributed by atoms with E-state index in [2.05, 4.69) is 16.0 Å². The standard InChI is InChI=1S/C13H16N4O/c1-11-2-3-12(10-15-11)13(18)17-8-6-16(5-4-14)7-9-17/h2-3,10H,5-9H2,1H3. The number of hydrogen-bond donors (Lipinski definition) is 0. The van der Waals surface area contributed by atoms with Crippen LogP contribution >= 0.6 is 0 Å². The molecule has 2 heterocycles. The first-order valence-corrected chi connectivity index (χ1v) is 6.02. The highest BCUT2D eigenvalue weighted by Gasteiger charge is 2.21. The molecule has 0 saturated carbocycles. The Balaban J connectivity index is 1.95. The van der Waals surface area contributed by atoms with Gasteiger partial charge in [0.1, 0.15) is 0 Å². The molecule has 5 nitrogen and oxygen atoms in total. The molecule has 5 heteroatoms. The molecule has 1 aliphatic heterocycles. The van der Waals surface area contributed by atoms with Crippen molar-refractivity contribution in [2.45, 2.75) is 6.92 Å². The van der Waals surface area contributed by atoms with E-state index in [0.29, 0.717) is 25.2 Å². The van der Waals surface area contributed by atoms with Crippen LogP contribution in [0.25, 0.3) is 0 Å². The first-order valence-electron chi connectivity index (χ1n) is 6.02. The molecule has 0 spiro atoms. The molecule has 2 rings (SSSR count). The van der Waals surface area contributed by atoms with E-state index in [4.69, 9.17) is 5.26 Å². The zero-order chi connectivity index (χ0) is 13.0. The normalized spacial score (nSPS) is 16.3. The molecule has 0 aromatic carbocycles. The minimum atomic E-state index is 0.0270. The van der Waals surface area contributed by atoms with Crippen molar-refractivity contribution in [3.05, 3.63) is 29.6 Å². The van der Waals surface area contributed by atoms with Crippen LogP contribution in [0, 0.1) is 18.3 Å². The summed E-state index contributed by atoms with van der Waals surface area (Å²) in [6.07, 6.45) is 1.62. The maximum atomic E-state index is 12.2. The average molecular weight is 244 g/mol. The fourth-order valence-electron chi connectivity index (χ4n) is 1.99. The monoisotopic (exact) mass is 244 g/mol. The van der Waals surface area contributed by atoms with E-state index >= 15 is 0 Å².